The minimum absolute atomic E-state index is 0.00153. The third-order valence-corrected chi connectivity index (χ3v) is 11.6. The number of sulfonamides is 1. The molecule has 3 heterocycles. The van der Waals surface area contributed by atoms with Crippen LogP contribution in [0.1, 0.15) is 68.9 Å². The number of carbonyl (C=O) groups is 5. The van der Waals surface area contributed by atoms with Gasteiger partial charge in [0.15, 0.2) is 0 Å². The summed E-state index contributed by atoms with van der Waals surface area (Å²) in [6, 6.07) is 2.33. The number of halogens is 1. The quantitative estimate of drug-likeness (QED) is 0.390. The van der Waals surface area contributed by atoms with Crippen molar-refractivity contribution in [3.63, 3.8) is 0 Å². The van der Waals surface area contributed by atoms with Gasteiger partial charge in [-0.25, -0.2) is 22.4 Å². The molecule has 3 aliphatic heterocycles. The number of nitrogens with zero attached hydrogens (tertiary/aromatic N) is 2. The third kappa shape index (κ3) is 6.98. The highest BCUT2D eigenvalue weighted by Crippen LogP contribution is 2.46. The van der Waals surface area contributed by atoms with E-state index in [9.17, 15) is 36.8 Å². The average molecular weight is 690 g/mol. The van der Waals surface area contributed by atoms with Gasteiger partial charge >= 0.3 is 12.2 Å². The van der Waals surface area contributed by atoms with Crippen molar-refractivity contribution in [3.8, 4) is 0 Å². The van der Waals surface area contributed by atoms with Crippen LogP contribution in [0.15, 0.2) is 30.4 Å². The molecule has 3 N–H and O–H groups in total. The highest BCUT2D eigenvalue weighted by molar-refractivity contribution is 7.91. The summed E-state index contributed by atoms with van der Waals surface area (Å²) in [6.45, 7) is -0.0517. The summed E-state index contributed by atoms with van der Waals surface area (Å²) in [5, 5.41) is 4.67. The van der Waals surface area contributed by atoms with Gasteiger partial charge in [-0.1, -0.05) is 37.1 Å². The van der Waals surface area contributed by atoms with Gasteiger partial charge in [0.25, 0.3) is 5.91 Å². The maximum Gasteiger partial charge on any atom is 0.410 e. The number of benzene rings is 1. The largest absolute Gasteiger partial charge is 0.453 e. The number of ether oxygens (including phenoxy) is 2. The molecule has 0 radical (unpaired) electrons. The number of allylic oxidation sites excluding steroid dienone is 1. The normalized spacial score (nSPS) is 29.6. The number of hydrogen-bond acceptors (Lipinski definition) is 9. The predicted octanol–water partition coefficient (Wildman–Crippen LogP) is 1.98. The van der Waals surface area contributed by atoms with Crippen LogP contribution in [0, 0.1) is 11.7 Å². The lowest BCUT2D eigenvalue weighted by molar-refractivity contribution is -0.141. The molecule has 48 heavy (non-hydrogen) atoms. The Balaban J connectivity index is 1.24. The number of methoxy groups -OCH3 is 1. The van der Waals surface area contributed by atoms with Gasteiger partial charge in [0.2, 0.25) is 21.8 Å². The lowest BCUT2D eigenvalue weighted by atomic mass is 10.1. The Kier molecular flexibility index (Phi) is 9.37. The number of rotatable bonds is 5. The van der Waals surface area contributed by atoms with E-state index in [1.54, 1.807) is 12.1 Å². The predicted molar refractivity (Wildman–Crippen MR) is 167 cm³/mol. The summed E-state index contributed by atoms with van der Waals surface area (Å²) >= 11 is 0. The molecular weight excluding hydrogens is 649 g/mol. The number of carbonyl (C=O) groups excluding carboxylic acids is 5. The minimum atomic E-state index is -3.91. The minimum Gasteiger partial charge on any atom is -0.453 e. The van der Waals surface area contributed by atoms with Gasteiger partial charge in [-0.05, 0) is 50.2 Å². The summed E-state index contributed by atoms with van der Waals surface area (Å²) in [5.74, 6) is -3.06. The first-order valence-electron chi connectivity index (χ1n) is 16.3. The van der Waals surface area contributed by atoms with E-state index in [2.05, 4.69) is 15.4 Å². The fourth-order valence-electron chi connectivity index (χ4n) is 6.78. The van der Waals surface area contributed by atoms with E-state index >= 15 is 0 Å². The summed E-state index contributed by atoms with van der Waals surface area (Å²) in [5.41, 5.74) is -0.508. The van der Waals surface area contributed by atoms with E-state index in [0.717, 1.165) is 12.8 Å². The molecule has 16 heteroatoms. The number of fused-ring (bicyclic) bond motifs is 3. The van der Waals surface area contributed by atoms with Crippen molar-refractivity contribution in [2.75, 3.05) is 13.7 Å². The molecule has 3 fully saturated rings. The van der Waals surface area contributed by atoms with E-state index in [-0.39, 0.29) is 38.9 Å². The highest BCUT2D eigenvalue weighted by Gasteiger charge is 2.62. The lowest BCUT2D eigenvalue weighted by Gasteiger charge is -2.29. The Hall–Kier alpha value is -4.21. The molecule has 2 saturated carbocycles. The molecule has 5 atom stereocenters. The van der Waals surface area contributed by atoms with Crippen LogP contribution in [0.5, 0.6) is 0 Å². The van der Waals surface area contributed by atoms with E-state index in [1.165, 1.54) is 23.0 Å². The van der Waals surface area contributed by atoms with Crippen molar-refractivity contribution in [2.45, 2.75) is 99.9 Å². The van der Waals surface area contributed by atoms with Gasteiger partial charge in [-0.2, -0.15) is 0 Å². The van der Waals surface area contributed by atoms with Crippen LogP contribution in [0.2, 0.25) is 0 Å². The molecule has 0 unspecified atom stereocenters. The Morgan fingerprint density at radius 3 is 2.60 bits per heavy atom. The van der Waals surface area contributed by atoms with Crippen molar-refractivity contribution in [2.24, 2.45) is 5.92 Å². The summed E-state index contributed by atoms with van der Waals surface area (Å²) < 4.78 is 52.3. The van der Waals surface area contributed by atoms with E-state index < -0.39 is 80.6 Å². The standard InChI is InChI=1S/C32H40FN5O9S/c1-46-30(42)34-25-11-6-4-2-3-5-9-20-15-32(20,29(41)36-48(44,45)22-12-13-22)35-27(39)26-14-21(17-38(26)28(25)40)47-31(43)37-16-19-8-7-10-24(33)23(19)18-37/h5,7-10,20-22,25-26H,2-4,6,11-18H2,1H3,(H,34,42)(H,35,39)(H,36,41)/b9-5-/t20-,21+,25-,26-,32+/m0/s1. The monoisotopic (exact) mass is 689 g/mol. The Morgan fingerprint density at radius 1 is 1.08 bits per heavy atom. The second-order valence-electron chi connectivity index (χ2n) is 13.2. The van der Waals surface area contributed by atoms with Crippen molar-refractivity contribution in [1.82, 2.24) is 25.2 Å². The molecule has 0 spiro atoms. The van der Waals surface area contributed by atoms with Gasteiger partial charge in [0.1, 0.15) is 29.5 Å². The van der Waals surface area contributed by atoms with Crippen molar-refractivity contribution >= 4 is 39.9 Å². The second-order valence-corrected chi connectivity index (χ2v) is 15.1. The Morgan fingerprint density at radius 2 is 1.88 bits per heavy atom. The Bertz CT molecular complexity index is 1630. The zero-order chi connectivity index (χ0) is 34.2. The zero-order valence-electron chi connectivity index (χ0n) is 26.6. The van der Waals surface area contributed by atoms with Crippen LogP contribution in [0.4, 0.5) is 14.0 Å². The molecule has 5 aliphatic rings. The van der Waals surface area contributed by atoms with E-state index in [4.69, 9.17) is 9.47 Å². The van der Waals surface area contributed by atoms with Crippen LogP contribution < -0.4 is 15.4 Å². The average Bonchev–Trinajstić information content (AvgIpc) is 3.93. The van der Waals surface area contributed by atoms with Crippen molar-refractivity contribution in [1.29, 1.82) is 0 Å². The third-order valence-electron chi connectivity index (χ3n) is 9.77. The van der Waals surface area contributed by atoms with Gasteiger partial charge in [-0.15, -0.1) is 0 Å². The molecule has 6 rings (SSSR count). The first-order valence-corrected chi connectivity index (χ1v) is 17.9. The zero-order valence-corrected chi connectivity index (χ0v) is 27.4. The lowest BCUT2D eigenvalue weighted by Crippen LogP contribution is -2.58. The number of amides is 5. The number of alkyl carbamates (subject to hydrolysis) is 1. The molecule has 5 amide bonds. The van der Waals surface area contributed by atoms with Crippen molar-refractivity contribution < 1.29 is 46.3 Å². The molecule has 260 valence electrons. The highest BCUT2D eigenvalue weighted by atomic mass is 32.2. The Labute approximate surface area is 277 Å². The van der Waals surface area contributed by atoms with Gasteiger partial charge < -0.3 is 25.0 Å². The maximum absolute atomic E-state index is 14.3. The SMILES string of the molecule is COC(=O)N[C@H]1CCCCC/C=C\[C@H]2C[C@@]2(C(=O)NS(=O)(=O)C2CC2)NC(=O)[C@@H]2C[C@@H](OC(=O)N3Cc4cccc(F)c4C3)CN2C1=O. The first-order chi connectivity index (χ1) is 22.9. The van der Waals surface area contributed by atoms with Crippen LogP contribution in [0.25, 0.3) is 0 Å². The molecule has 0 bridgehead atoms. The van der Waals surface area contributed by atoms with Gasteiger partial charge in [-0.3, -0.25) is 24.0 Å². The molecule has 1 aromatic carbocycles. The fourth-order valence-corrected chi connectivity index (χ4v) is 8.14. The molecule has 1 aromatic rings. The molecule has 14 nitrogen and oxygen atoms in total. The van der Waals surface area contributed by atoms with Gasteiger partial charge in [0, 0.05) is 24.4 Å². The number of hydrogen-bond donors (Lipinski definition) is 3. The topological polar surface area (TPSA) is 181 Å². The van der Waals surface area contributed by atoms with Crippen LogP contribution in [0.3, 0.4) is 0 Å². The molecular formula is C32H40FN5O9S. The first kappa shape index (κ1) is 33.7. The summed E-state index contributed by atoms with van der Waals surface area (Å²) in [7, 11) is -2.74. The van der Waals surface area contributed by atoms with Crippen LogP contribution in [-0.2, 0) is 47.0 Å². The van der Waals surface area contributed by atoms with Crippen LogP contribution >= 0.6 is 0 Å². The van der Waals surface area contributed by atoms with E-state index in [1.807, 2.05) is 12.2 Å². The maximum atomic E-state index is 14.3. The summed E-state index contributed by atoms with van der Waals surface area (Å²) in [4.78, 5) is 69.6. The van der Waals surface area contributed by atoms with Gasteiger partial charge in [0.05, 0.1) is 25.4 Å². The van der Waals surface area contributed by atoms with Crippen LogP contribution in [-0.4, -0.2) is 90.8 Å². The number of nitrogens with one attached hydrogen (secondary N) is 3. The molecule has 2 aliphatic carbocycles. The van der Waals surface area contributed by atoms with Crippen molar-refractivity contribution in [3.05, 3.63) is 47.3 Å². The van der Waals surface area contributed by atoms with E-state index in [0.29, 0.717) is 36.8 Å². The molecule has 0 aromatic heterocycles. The smallest absolute Gasteiger partial charge is 0.410 e. The fraction of sp³-hybridized carbons (Fsp3) is 0.594. The summed E-state index contributed by atoms with van der Waals surface area (Å²) in [6.07, 6.45) is 5.13. The molecule has 1 saturated heterocycles. The second kappa shape index (κ2) is 13.4.